The first-order chi connectivity index (χ1) is 13.3. The van der Waals surface area contributed by atoms with Crippen molar-refractivity contribution < 1.29 is 4.79 Å². The number of hydrogen-bond acceptors (Lipinski definition) is 3. The first kappa shape index (κ1) is 19.5. The molecule has 1 saturated carbocycles. The molecule has 2 aliphatic rings. The largest absolute Gasteiger partial charge is 0.316 e. The number of carbonyl (C=O) groups is 1. The number of nitriles is 1. The van der Waals surface area contributed by atoms with Crippen molar-refractivity contribution >= 4 is 33.8 Å². The maximum absolute atomic E-state index is 12.8. The summed E-state index contributed by atoms with van der Waals surface area (Å²) in [5.74, 6) is 0.880. The molecule has 1 aromatic carbocycles. The smallest absolute Gasteiger partial charge is 0.228 e. The van der Waals surface area contributed by atoms with Gasteiger partial charge < -0.3 is 5.32 Å². The molecule has 1 heterocycles. The van der Waals surface area contributed by atoms with Gasteiger partial charge in [0.05, 0.1) is 5.56 Å². The van der Waals surface area contributed by atoms with Crippen molar-refractivity contribution in [1.29, 1.82) is 5.26 Å². The molecule has 3 nitrogen and oxygen atoms in total. The van der Waals surface area contributed by atoms with Gasteiger partial charge in [0.25, 0.3) is 0 Å². The van der Waals surface area contributed by atoms with Crippen molar-refractivity contribution in [3.05, 3.63) is 50.9 Å². The summed E-state index contributed by atoms with van der Waals surface area (Å²) in [5.41, 5.74) is 3.26. The predicted molar refractivity (Wildman–Crippen MR) is 115 cm³/mol. The summed E-state index contributed by atoms with van der Waals surface area (Å²) in [7, 11) is 0. The maximum atomic E-state index is 12.8. The molecule has 2 aromatic rings. The fraction of sp³-hybridized carbons (Fsp3) is 0.478. The van der Waals surface area contributed by atoms with E-state index in [9.17, 15) is 10.1 Å². The Morgan fingerprint density at radius 1 is 1.29 bits per heavy atom. The van der Waals surface area contributed by atoms with E-state index in [0.717, 1.165) is 41.8 Å². The molecular weight excluding hydrogens is 388 g/mol. The van der Waals surface area contributed by atoms with Crippen LogP contribution in [0.4, 0.5) is 5.00 Å². The molecular formula is C23H25ClN2OS. The number of hydrogen-bond donors (Lipinski definition) is 1. The van der Waals surface area contributed by atoms with Gasteiger partial charge in [0, 0.05) is 15.8 Å². The Labute approximate surface area is 175 Å². The van der Waals surface area contributed by atoms with E-state index < -0.39 is 0 Å². The monoisotopic (exact) mass is 412 g/mol. The van der Waals surface area contributed by atoms with Crippen LogP contribution in [0.2, 0.25) is 5.02 Å². The minimum Gasteiger partial charge on any atom is -0.316 e. The quantitative estimate of drug-likeness (QED) is 0.655. The van der Waals surface area contributed by atoms with E-state index in [-0.39, 0.29) is 23.2 Å². The number of nitrogens with zero attached hydrogens (tertiary/aromatic N) is 1. The van der Waals surface area contributed by atoms with Gasteiger partial charge in [-0.3, -0.25) is 4.79 Å². The fourth-order valence-corrected chi connectivity index (χ4v) is 5.71. The van der Waals surface area contributed by atoms with Gasteiger partial charge in [-0.2, -0.15) is 5.26 Å². The van der Waals surface area contributed by atoms with Crippen LogP contribution in [0.5, 0.6) is 0 Å². The lowest BCUT2D eigenvalue weighted by molar-refractivity contribution is -0.117. The van der Waals surface area contributed by atoms with E-state index in [1.807, 2.05) is 24.3 Å². The zero-order valence-electron chi connectivity index (χ0n) is 16.5. The molecule has 0 aliphatic heterocycles. The number of thiophene rings is 1. The van der Waals surface area contributed by atoms with Crippen LogP contribution in [-0.2, 0) is 17.6 Å². The van der Waals surface area contributed by atoms with Crippen molar-refractivity contribution in [2.45, 2.75) is 52.4 Å². The van der Waals surface area contributed by atoms with Crippen molar-refractivity contribution in [2.75, 3.05) is 5.32 Å². The number of amides is 1. The highest BCUT2D eigenvalue weighted by Crippen LogP contribution is 2.49. The molecule has 0 unspecified atom stereocenters. The number of rotatable bonds is 3. The van der Waals surface area contributed by atoms with E-state index in [4.69, 9.17) is 11.6 Å². The molecule has 1 fully saturated rings. The van der Waals surface area contributed by atoms with Gasteiger partial charge in [-0.15, -0.1) is 11.3 Å². The minimum atomic E-state index is -0.0193. The van der Waals surface area contributed by atoms with E-state index in [1.165, 1.54) is 4.88 Å². The van der Waals surface area contributed by atoms with Gasteiger partial charge in [0.1, 0.15) is 11.1 Å². The number of anilines is 1. The van der Waals surface area contributed by atoms with Crippen LogP contribution >= 0.6 is 22.9 Å². The van der Waals surface area contributed by atoms with Crippen molar-refractivity contribution in [3.63, 3.8) is 0 Å². The Kier molecular flexibility index (Phi) is 5.02. The average molecular weight is 413 g/mol. The van der Waals surface area contributed by atoms with E-state index in [0.29, 0.717) is 16.5 Å². The highest BCUT2D eigenvalue weighted by molar-refractivity contribution is 7.16. The van der Waals surface area contributed by atoms with Crippen LogP contribution in [0.25, 0.3) is 0 Å². The predicted octanol–water partition coefficient (Wildman–Crippen LogP) is 6.17. The Balaban J connectivity index is 1.49. The Hall–Kier alpha value is -1.83. The van der Waals surface area contributed by atoms with Gasteiger partial charge in [-0.05, 0) is 66.2 Å². The molecule has 1 amide bonds. The second kappa shape index (κ2) is 7.21. The number of benzene rings is 1. The lowest BCUT2D eigenvalue weighted by atomic mass is 9.72. The average Bonchev–Trinajstić information content (AvgIpc) is 3.37. The normalized spacial score (nSPS) is 23.6. The van der Waals surface area contributed by atoms with Crippen LogP contribution in [0, 0.1) is 28.6 Å². The summed E-state index contributed by atoms with van der Waals surface area (Å²) in [6, 6.07) is 10.1. The van der Waals surface area contributed by atoms with Gasteiger partial charge in [0.15, 0.2) is 0 Å². The minimum absolute atomic E-state index is 0.0193. The van der Waals surface area contributed by atoms with Gasteiger partial charge in [0.2, 0.25) is 5.91 Å². The molecule has 2 aliphatic carbocycles. The summed E-state index contributed by atoms with van der Waals surface area (Å²) in [5, 5.41) is 14.2. The summed E-state index contributed by atoms with van der Waals surface area (Å²) < 4.78 is 0. The van der Waals surface area contributed by atoms with E-state index >= 15 is 0 Å². The standard InChI is InChI=1S/C23H25ClN2OS/c1-23(2,3)14-6-9-16-19(12-25)22(28-20(16)10-14)26-21(27)18-11-17(18)13-4-7-15(24)8-5-13/h4-5,7-8,14,17-18H,6,9-11H2,1-3H3,(H,26,27)/t14-,17+,18-/m0/s1. The molecule has 28 heavy (non-hydrogen) atoms. The van der Waals surface area contributed by atoms with Crippen LogP contribution < -0.4 is 5.32 Å². The molecule has 146 valence electrons. The highest BCUT2D eigenvalue weighted by Gasteiger charge is 2.44. The molecule has 3 atom stereocenters. The molecule has 4 rings (SSSR count). The first-order valence-electron chi connectivity index (χ1n) is 9.89. The summed E-state index contributed by atoms with van der Waals surface area (Å²) in [6.07, 6.45) is 3.90. The third kappa shape index (κ3) is 3.71. The Bertz CT molecular complexity index is 949. The Morgan fingerprint density at radius 2 is 2.00 bits per heavy atom. The lowest BCUT2D eigenvalue weighted by Gasteiger charge is -2.33. The fourth-order valence-electron chi connectivity index (χ4n) is 4.30. The topological polar surface area (TPSA) is 52.9 Å². The third-order valence-electron chi connectivity index (χ3n) is 6.26. The molecule has 1 aromatic heterocycles. The van der Waals surface area contributed by atoms with Crippen molar-refractivity contribution in [2.24, 2.45) is 17.3 Å². The second-order valence-electron chi connectivity index (χ2n) is 9.11. The summed E-state index contributed by atoms with van der Waals surface area (Å²) >= 11 is 7.56. The molecule has 0 bridgehead atoms. The van der Waals surface area contributed by atoms with Gasteiger partial charge in [-0.25, -0.2) is 0 Å². The molecule has 0 spiro atoms. The number of fused-ring (bicyclic) bond motifs is 1. The van der Waals surface area contributed by atoms with Crippen molar-refractivity contribution in [3.8, 4) is 6.07 Å². The number of carbonyl (C=O) groups excluding carboxylic acids is 1. The summed E-state index contributed by atoms with van der Waals surface area (Å²) in [6.45, 7) is 6.86. The van der Waals surface area contributed by atoms with E-state index in [1.54, 1.807) is 11.3 Å². The maximum Gasteiger partial charge on any atom is 0.228 e. The number of halogens is 1. The SMILES string of the molecule is CC(C)(C)[C@H]1CCc2c(sc(NC(=O)[C@H]3C[C@@H]3c3ccc(Cl)cc3)c2C#N)C1. The van der Waals surface area contributed by atoms with Crippen LogP contribution in [-0.4, -0.2) is 5.91 Å². The lowest BCUT2D eigenvalue weighted by Crippen LogP contribution is -2.26. The van der Waals surface area contributed by atoms with Crippen LogP contribution in [0.15, 0.2) is 24.3 Å². The molecule has 0 radical (unpaired) electrons. The van der Waals surface area contributed by atoms with Gasteiger partial charge >= 0.3 is 0 Å². The van der Waals surface area contributed by atoms with Crippen LogP contribution in [0.3, 0.4) is 0 Å². The second-order valence-corrected chi connectivity index (χ2v) is 10.7. The summed E-state index contributed by atoms with van der Waals surface area (Å²) in [4.78, 5) is 14.1. The molecule has 5 heteroatoms. The zero-order chi connectivity index (χ0) is 20.1. The first-order valence-corrected chi connectivity index (χ1v) is 11.1. The zero-order valence-corrected chi connectivity index (χ0v) is 18.1. The van der Waals surface area contributed by atoms with Crippen LogP contribution in [0.1, 0.15) is 61.1 Å². The van der Waals surface area contributed by atoms with E-state index in [2.05, 4.69) is 32.2 Å². The molecule has 1 N–H and O–H groups in total. The molecule has 0 saturated heterocycles. The van der Waals surface area contributed by atoms with Crippen molar-refractivity contribution in [1.82, 2.24) is 0 Å². The highest BCUT2D eigenvalue weighted by atomic mass is 35.5. The third-order valence-corrected chi connectivity index (χ3v) is 7.69. The van der Waals surface area contributed by atoms with Gasteiger partial charge in [-0.1, -0.05) is 44.5 Å². The Morgan fingerprint density at radius 3 is 2.64 bits per heavy atom. The number of nitrogens with one attached hydrogen (secondary N) is 1.